The van der Waals surface area contributed by atoms with E-state index in [1.807, 2.05) is 0 Å². The maximum Gasteiger partial charge on any atom is 0.417 e. The maximum atomic E-state index is 13.3. The van der Waals surface area contributed by atoms with E-state index in [4.69, 9.17) is 0 Å². The quantitative estimate of drug-likeness (QED) is 0.523. The van der Waals surface area contributed by atoms with Crippen LogP contribution in [0.4, 0.5) is 13.2 Å². The third-order valence-electron chi connectivity index (χ3n) is 9.24. The Morgan fingerprint density at radius 1 is 1.00 bits per heavy atom. The summed E-state index contributed by atoms with van der Waals surface area (Å²) in [5.41, 5.74) is -0.883. The Morgan fingerprint density at radius 3 is 2.32 bits per heavy atom. The molecule has 0 radical (unpaired) electrons. The van der Waals surface area contributed by atoms with Crippen LogP contribution >= 0.6 is 0 Å². The van der Waals surface area contributed by atoms with Crippen LogP contribution in [-0.4, -0.2) is 58.6 Å². The minimum absolute atomic E-state index is 0.0663. The fourth-order valence-electron chi connectivity index (χ4n) is 7.66. The average Bonchev–Trinajstić information content (AvgIpc) is 3.39. The molecular weight excluding hydrogens is 495 g/mol. The van der Waals surface area contributed by atoms with E-state index in [1.165, 1.54) is 56.4 Å². The topological polar surface area (TPSA) is 90.1 Å². The molecule has 1 aromatic carbocycles. The molecule has 1 aliphatic heterocycles. The number of halogens is 3. The zero-order valence-electron chi connectivity index (χ0n) is 21.3. The lowest BCUT2D eigenvalue weighted by Crippen LogP contribution is -2.58. The van der Waals surface area contributed by atoms with Gasteiger partial charge in [0.15, 0.2) is 5.69 Å². The van der Waals surface area contributed by atoms with Gasteiger partial charge in [0.1, 0.15) is 0 Å². The summed E-state index contributed by atoms with van der Waals surface area (Å²) in [6.07, 6.45) is 4.26. The smallest absolute Gasteiger partial charge is 0.342 e. The third-order valence-corrected chi connectivity index (χ3v) is 9.24. The van der Waals surface area contributed by atoms with Crippen LogP contribution in [0.2, 0.25) is 0 Å². The molecular formula is C28H34F3N5O2. The highest BCUT2D eigenvalue weighted by atomic mass is 19.4. The van der Waals surface area contributed by atoms with Gasteiger partial charge < -0.3 is 15.5 Å². The van der Waals surface area contributed by atoms with Crippen LogP contribution in [0.25, 0.3) is 11.3 Å². The fraction of sp³-hybridized carbons (Fsp3) is 0.607. The number of aromatic nitrogens is 2. The molecule has 1 saturated heterocycles. The molecule has 0 spiro atoms. The molecule has 204 valence electrons. The van der Waals surface area contributed by atoms with E-state index in [-0.39, 0.29) is 29.4 Å². The average molecular weight is 530 g/mol. The van der Waals surface area contributed by atoms with Crippen LogP contribution in [-0.2, 0) is 11.0 Å². The van der Waals surface area contributed by atoms with Crippen LogP contribution in [0.1, 0.15) is 61.0 Å². The van der Waals surface area contributed by atoms with E-state index in [0.717, 1.165) is 42.6 Å². The molecule has 0 atom stereocenters. The number of likely N-dealkylation sites (tertiary alicyclic amines) is 1. The Kier molecular flexibility index (Phi) is 6.70. The van der Waals surface area contributed by atoms with Crippen molar-refractivity contribution in [3.8, 4) is 11.3 Å². The van der Waals surface area contributed by atoms with E-state index >= 15 is 0 Å². The molecule has 2 aromatic rings. The van der Waals surface area contributed by atoms with Crippen LogP contribution in [0.15, 0.2) is 30.3 Å². The highest BCUT2D eigenvalue weighted by Crippen LogP contribution is 2.53. The van der Waals surface area contributed by atoms with Crippen molar-refractivity contribution in [2.75, 3.05) is 19.6 Å². The first kappa shape index (κ1) is 25.4. The monoisotopic (exact) mass is 529 g/mol. The molecule has 0 unspecified atom stereocenters. The van der Waals surface area contributed by atoms with Crippen molar-refractivity contribution in [2.45, 2.75) is 63.2 Å². The number of hydrogen-bond donors (Lipinski definition) is 3. The molecule has 7 nitrogen and oxygen atoms in total. The number of H-pyrrole nitrogens is 1. The Hall–Kier alpha value is -2.88. The van der Waals surface area contributed by atoms with Gasteiger partial charge in [0.2, 0.25) is 5.91 Å². The summed E-state index contributed by atoms with van der Waals surface area (Å²) in [5, 5.41) is 12.9. The highest BCUT2D eigenvalue weighted by Gasteiger charge is 2.48. The highest BCUT2D eigenvalue weighted by molar-refractivity contribution is 5.95. The van der Waals surface area contributed by atoms with Gasteiger partial charge in [-0.15, -0.1) is 0 Å². The maximum absolute atomic E-state index is 13.3. The summed E-state index contributed by atoms with van der Waals surface area (Å²) < 4.78 is 40.0. The molecule has 2 amide bonds. The molecule has 4 bridgehead atoms. The van der Waals surface area contributed by atoms with Gasteiger partial charge in [-0.1, -0.05) is 18.2 Å². The van der Waals surface area contributed by atoms with Crippen LogP contribution in [0.3, 0.4) is 0 Å². The van der Waals surface area contributed by atoms with Gasteiger partial charge in [0, 0.05) is 30.7 Å². The molecule has 5 fully saturated rings. The fourth-order valence-corrected chi connectivity index (χ4v) is 7.66. The number of nitrogens with zero attached hydrogens (tertiary/aromatic N) is 2. The molecule has 4 saturated carbocycles. The van der Waals surface area contributed by atoms with Gasteiger partial charge in [0.05, 0.1) is 17.8 Å². The number of amides is 2. The number of alkyl halides is 3. The minimum Gasteiger partial charge on any atom is -0.342 e. The van der Waals surface area contributed by atoms with Crippen molar-refractivity contribution in [3.63, 3.8) is 0 Å². The van der Waals surface area contributed by atoms with Gasteiger partial charge in [0.25, 0.3) is 5.91 Å². The van der Waals surface area contributed by atoms with Gasteiger partial charge in [-0.2, -0.15) is 18.3 Å². The molecule has 38 heavy (non-hydrogen) atoms. The third kappa shape index (κ3) is 5.07. The normalized spacial score (nSPS) is 29.0. The second-order valence-electron chi connectivity index (χ2n) is 11.7. The number of carbonyl (C=O) groups excluding carboxylic acids is 2. The number of rotatable bonds is 6. The van der Waals surface area contributed by atoms with Gasteiger partial charge in [-0.3, -0.25) is 14.7 Å². The van der Waals surface area contributed by atoms with E-state index in [0.29, 0.717) is 25.2 Å². The van der Waals surface area contributed by atoms with Crippen molar-refractivity contribution in [3.05, 3.63) is 41.6 Å². The second-order valence-corrected chi connectivity index (χ2v) is 11.7. The Bertz CT molecular complexity index is 1160. The molecule has 3 N–H and O–H groups in total. The first-order chi connectivity index (χ1) is 18.2. The second kappa shape index (κ2) is 10.0. The minimum atomic E-state index is -4.53. The lowest BCUT2D eigenvalue weighted by Gasteiger charge is -2.55. The lowest BCUT2D eigenvalue weighted by molar-refractivity contribution is -0.137. The Balaban J connectivity index is 0.980. The predicted octanol–water partition coefficient (Wildman–Crippen LogP) is 4.23. The summed E-state index contributed by atoms with van der Waals surface area (Å²) >= 11 is 0. The summed E-state index contributed by atoms with van der Waals surface area (Å²) in [6, 6.07) is 7.44. The van der Waals surface area contributed by atoms with Crippen molar-refractivity contribution in [1.82, 2.24) is 25.7 Å². The number of carbonyl (C=O) groups is 2. The zero-order chi connectivity index (χ0) is 26.4. The molecule has 4 aliphatic carbocycles. The Morgan fingerprint density at radius 2 is 1.66 bits per heavy atom. The molecule has 5 aliphatic rings. The van der Waals surface area contributed by atoms with Crippen molar-refractivity contribution >= 4 is 11.8 Å². The molecule has 10 heteroatoms. The van der Waals surface area contributed by atoms with Crippen LogP contribution in [0.5, 0.6) is 0 Å². The van der Waals surface area contributed by atoms with Crippen molar-refractivity contribution in [2.24, 2.45) is 23.7 Å². The van der Waals surface area contributed by atoms with Crippen LogP contribution in [0, 0.1) is 23.7 Å². The Labute approximate surface area is 219 Å². The first-order valence-electron chi connectivity index (χ1n) is 13.8. The number of benzene rings is 1. The predicted molar refractivity (Wildman–Crippen MR) is 135 cm³/mol. The summed E-state index contributed by atoms with van der Waals surface area (Å²) in [4.78, 5) is 27.1. The van der Waals surface area contributed by atoms with Gasteiger partial charge >= 0.3 is 6.18 Å². The molecule has 7 rings (SSSR count). The van der Waals surface area contributed by atoms with E-state index in [9.17, 15) is 22.8 Å². The number of hydrogen-bond acceptors (Lipinski definition) is 4. The SMILES string of the molecule is O=C(NCC(=O)N1CCC(NC2C3CC4CC(C3)CC2C4)CC1)c1cc(-c2ccccc2C(F)(F)F)[nH]n1. The lowest BCUT2D eigenvalue weighted by atomic mass is 9.54. The zero-order valence-corrected chi connectivity index (χ0v) is 21.3. The van der Waals surface area contributed by atoms with E-state index < -0.39 is 17.6 Å². The summed E-state index contributed by atoms with van der Waals surface area (Å²) in [5.74, 6) is 2.78. The molecule has 2 heterocycles. The van der Waals surface area contributed by atoms with Gasteiger partial charge in [-0.05, 0) is 80.8 Å². The summed E-state index contributed by atoms with van der Waals surface area (Å²) in [6.45, 7) is 1.13. The molecule has 1 aromatic heterocycles. The summed E-state index contributed by atoms with van der Waals surface area (Å²) in [7, 11) is 0. The van der Waals surface area contributed by atoms with Gasteiger partial charge in [-0.25, -0.2) is 0 Å². The standard InChI is InChI=1S/C28H34F3N5O2/c29-28(30,31)22-4-2-1-3-21(22)23-14-24(35-34-23)27(38)32-15-25(37)36-7-5-20(6-8-36)33-26-18-10-16-9-17(12-18)13-19(26)11-16/h1-4,14,16-20,26,33H,5-13,15H2,(H,32,38)(H,34,35). The van der Waals surface area contributed by atoms with Crippen LogP contribution < -0.4 is 10.6 Å². The largest absolute Gasteiger partial charge is 0.417 e. The number of nitrogens with one attached hydrogen (secondary N) is 3. The number of piperidine rings is 1. The van der Waals surface area contributed by atoms with E-state index in [2.05, 4.69) is 20.8 Å². The van der Waals surface area contributed by atoms with Crippen molar-refractivity contribution in [1.29, 1.82) is 0 Å². The van der Waals surface area contributed by atoms with E-state index in [1.54, 1.807) is 4.90 Å². The first-order valence-corrected chi connectivity index (χ1v) is 13.8. The number of aromatic amines is 1. The van der Waals surface area contributed by atoms with Crippen molar-refractivity contribution < 1.29 is 22.8 Å².